The van der Waals surface area contributed by atoms with E-state index in [2.05, 4.69) is 15.2 Å². The molecule has 36 heavy (non-hydrogen) atoms. The van der Waals surface area contributed by atoms with E-state index in [1.54, 1.807) is 24.3 Å². The summed E-state index contributed by atoms with van der Waals surface area (Å²) in [6, 6.07) is 18.2. The topological polar surface area (TPSA) is 66.4 Å². The Labute approximate surface area is 202 Å². The summed E-state index contributed by atoms with van der Waals surface area (Å²) in [7, 11) is 0. The monoisotopic (exact) mass is 513 g/mol. The van der Waals surface area contributed by atoms with Crippen molar-refractivity contribution in [1.29, 1.82) is 0 Å². The molecule has 6 nitrogen and oxygen atoms in total. The Morgan fingerprint density at radius 2 is 1.42 bits per heavy atom. The second kappa shape index (κ2) is 10.9. The Hall–Kier alpha value is -3.09. The molecule has 192 valence electrons. The van der Waals surface area contributed by atoms with Crippen LogP contribution < -0.4 is 0 Å². The molecule has 1 aliphatic rings. The Balaban J connectivity index is 1.56. The van der Waals surface area contributed by atoms with Crippen molar-refractivity contribution in [2.45, 2.75) is 50.3 Å². The molecule has 12 heteroatoms. The summed E-state index contributed by atoms with van der Waals surface area (Å²) < 4.78 is 97.4. The van der Waals surface area contributed by atoms with E-state index in [-0.39, 0.29) is 26.2 Å². The van der Waals surface area contributed by atoms with Crippen LogP contribution >= 0.6 is 0 Å². The Kier molecular flexibility index (Phi) is 7.86. The van der Waals surface area contributed by atoms with Gasteiger partial charge < -0.3 is 14.2 Å². The van der Waals surface area contributed by atoms with Crippen LogP contribution in [0.15, 0.2) is 60.7 Å². The molecule has 1 aromatic heterocycles. The minimum absolute atomic E-state index is 0.0587. The molecule has 0 unspecified atom stereocenters. The molecular formula is C24H21F6N3O3. The molecule has 0 saturated carbocycles. The number of halogens is 6. The zero-order chi connectivity index (χ0) is 25.8. The summed E-state index contributed by atoms with van der Waals surface area (Å²) in [5, 5.41) is 5.42. The van der Waals surface area contributed by atoms with Crippen molar-refractivity contribution in [2.75, 3.05) is 6.61 Å². The zero-order valence-corrected chi connectivity index (χ0v) is 18.7. The Bertz CT molecular complexity index is 1130. The van der Waals surface area contributed by atoms with Gasteiger partial charge in [-0.05, 0) is 11.1 Å². The van der Waals surface area contributed by atoms with Gasteiger partial charge in [0.05, 0.1) is 25.9 Å². The van der Waals surface area contributed by atoms with Crippen LogP contribution in [-0.4, -0.2) is 34.0 Å². The predicted octanol–water partition coefficient (Wildman–Crippen LogP) is 5.54. The molecule has 0 aliphatic carbocycles. The quantitative estimate of drug-likeness (QED) is 0.369. The molecule has 0 amide bonds. The van der Waals surface area contributed by atoms with E-state index in [1.807, 2.05) is 36.4 Å². The van der Waals surface area contributed by atoms with Crippen LogP contribution in [-0.2, 0) is 39.8 Å². The lowest BCUT2D eigenvalue weighted by Gasteiger charge is -2.19. The summed E-state index contributed by atoms with van der Waals surface area (Å²) >= 11 is 0. The van der Waals surface area contributed by atoms with Gasteiger partial charge in [0, 0.05) is 6.42 Å². The highest BCUT2D eigenvalue weighted by molar-refractivity contribution is 5.20. The first-order valence-corrected chi connectivity index (χ1v) is 10.9. The first-order valence-electron chi connectivity index (χ1n) is 10.9. The minimum Gasteiger partial charge on any atom is -0.374 e. The molecule has 0 N–H and O–H groups in total. The molecular weight excluding hydrogens is 492 g/mol. The molecule has 2 aromatic carbocycles. The highest BCUT2D eigenvalue weighted by Crippen LogP contribution is 2.41. The standard InChI is InChI=1S/C24H21F6N3O3/c25-23(26,27)21-20(31-22(33-32-21)24(28,29)30)18-11-17(35-13-16-9-5-2-6-10-16)19(36-18)14-34-12-15-7-3-1-4-8-15/h1-10,17-19H,11-14H2/t17-,18-,19+/m0/s1. The number of benzene rings is 2. The van der Waals surface area contributed by atoms with Crippen molar-refractivity contribution in [2.24, 2.45) is 0 Å². The highest BCUT2D eigenvalue weighted by atomic mass is 19.4. The summed E-state index contributed by atoms with van der Waals surface area (Å²) in [5.74, 6) is -1.78. The second-order valence-electron chi connectivity index (χ2n) is 8.10. The van der Waals surface area contributed by atoms with Gasteiger partial charge in [0.15, 0.2) is 5.69 Å². The van der Waals surface area contributed by atoms with Crippen LogP contribution in [0.5, 0.6) is 0 Å². The first kappa shape index (κ1) is 26.0. The first-order chi connectivity index (χ1) is 17.1. The number of nitrogens with zero attached hydrogens (tertiary/aromatic N) is 3. The summed E-state index contributed by atoms with van der Waals surface area (Å²) in [6.07, 6.45) is -13.4. The SMILES string of the molecule is FC(F)(F)c1nnc(C(F)(F)F)c([C@@H]2C[C@H](OCc3ccccc3)[C@@H](COCc3ccccc3)O2)n1. The van der Waals surface area contributed by atoms with Crippen molar-refractivity contribution in [3.63, 3.8) is 0 Å². The number of rotatable bonds is 8. The van der Waals surface area contributed by atoms with Crippen LogP contribution in [0, 0.1) is 0 Å². The number of alkyl halides is 6. The molecule has 1 aliphatic heterocycles. The van der Waals surface area contributed by atoms with Gasteiger partial charge in [-0.3, -0.25) is 0 Å². The highest BCUT2D eigenvalue weighted by Gasteiger charge is 2.46. The van der Waals surface area contributed by atoms with Crippen LogP contribution in [0.1, 0.15) is 40.9 Å². The van der Waals surface area contributed by atoms with Crippen molar-refractivity contribution in [3.05, 3.63) is 89.0 Å². The van der Waals surface area contributed by atoms with Crippen molar-refractivity contribution in [3.8, 4) is 0 Å². The van der Waals surface area contributed by atoms with Crippen molar-refractivity contribution < 1.29 is 40.6 Å². The lowest BCUT2D eigenvalue weighted by molar-refractivity contribution is -0.153. The van der Waals surface area contributed by atoms with E-state index in [9.17, 15) is 26.3 Å². The second-order valence-corrected chi connectivity index (χ2v) is 8.10. The van der Waals surface area contributed by atoms with Crippen molar-refractivity contribution in [1.82, 2.24) is 15.2 Å². The lowest BCUT2D eigenvalue weighted by atomic mass is 10.1. The molecule has 2 heterocycles. The maximum Gasteiger partial charge on any atom is 0.453 e. The molecule has 0 spiro atoms. The van der Waals surface area contributed by atoms with Gasteiger partial charge in [-0.1, -0.05) is 60.7 Å². The van der Waals surface area contributed by atoms with E-state index in [0.717, 1.165) is 11.1 Å². The molecule has 4 rings (SSSR count). The summed E-state index contributed by atoms with van der Waals surface area (Å²) in [6.45, 7) is 0.271. The normalized spacial score (nSPS) is 20.6. The molecule has 1 fully saturated rings. The van der Waals surface area contributed by atoms with Gasteiger partial charge in [0.2, 0.25) is 0 Å². The van der Waals surface area contributed by atoms with Crippen molar-refractivity contribution >= 4 is 0 Å². The number of hydrogen-bond acceptors (Lipinski definition) is 6. The maximum absolute atomic E-state index is 13.5. The smallest absolute Gasteiger partial charge is 0.374 e. The van der Waals surface area contributed by atoms with Gasteiger partial charge >= 0.3 is 12.4 Å². The van der Waals surface area contributed by atoms with Gasteiger partial charge in [0.25, 0.3) is 5.82 Å². The van der Waals surface area contributed by atoms with Gasteiger partial charge in [0.1, 0.15) is 17.9 Å². The van der Waals surface area contributed by atoms with E-state index in [0.29, 0.717) is 0 Å². The van der Waals surface area contributed by atoms with E-state index < -0.39 is 47.9 Å². The number of ether oxygens (including phenoxy) is 3. The molecule has 1 saturated heterocycles. The molecule has 0 radical (unpaired) electrons. The maximum atomic E-state index is 13.5. The summed E-state index contributed by atoms with van der Waals surface area (Å²) in [5.41, 5.74) is -0.941. The third kappa shape index (κ3) is 6.56. The molecule has 3 atom stereocenters. The zero-order valence-electron chi connectivity index (χ0n) is 18.7. The summed E-state index contributed by atoms with van der Waals surface area (Å²) in [4.78, 5) is 3.17. The van der Waals surface area contributed by atoms with Crippen LogP contribution in [0.4, 0.5) is 26.3 Å². The van der Waals surface area contributed by atoms with E-state index in [4.69, 9.17) is 14.2 Å². The number of aromatic nitrogens is 3. The fourth-order valence-corrected chi connectivity index (χ4v) is 3.74. The van der Waals surface area contributed by atoms with E-state index >= 15 is 0 Å². The predicted molar refractivity (Wildman–Crippen MR) is 113 cm³/mol. The average molecular weight is 513 g/mol. The fourth-order valence-electron chi connectivity index (χ4n) is 3.74. The Morgan fingerprint density at radius 3 is 2.00 bits per heavy atom. The van der Waals surface area contributed by atoms with Gasteiger partial charge in [-0.25, -0.2) is 4.98 Å². The largest absolute Gasteiger partial charge is 0.453 e. The Morgan fingerprint density at radius 1 is 0.806 bits per heavy atom. The van der Waals surface area contributed by atoms with E-state index in [1.165, 1.54) is 0 Å². The third-order valence-corrected chi connectivity index (χ3v) is 5.44. The fraction of sp³-hybridized carbons (Fsp3) is 0.375. The lowest BCUT2D eigenvalue weighted by Crippen LogP contribution is -2.29. The minimum atomic E-state index is -5.08. The third-order valence-electron chi connectivity index (χ3n) is 5.44. The molecule has 0 bridgehead atoms. The van der Waals surface area contributed by atoms with Gasteiger partial charge in [-0.2, -0.15) is 26.3 Å². The number of hydrogen-bond donors (Lipinski definition) is 0. The average Bonchev–Trinajstić information content (AvgIpc) is 3.25. The molecule has 3 aromatic rings. The van der Waals surface area contributed by atoms with Crippen LogP contribution in [0.25, 0.3) is 0 Å². The van der Waals surface area contributed by atoms with Crippen LogP contribution in [0.2, 0.25) is 0 Å². The van der Waals surface area contributed by atoms with Gasteiger partial charge in [-0.15, -0.1) is 10.2 Å². The van der Waals surface area contributed by atoms with Crippen LogP contribution in [0.3, 0.4) is 0 Å².